The zero-order chi connectivity index (χ0) is 19.6. The highest BCUT2D eigenvalue weighted by Gasteiger charge is 2.34. The van der Waals surface area contributed by atoms with Gasteiger partial charge in [-0.05, 0) is 49.2 Å². The van der Waals surface area contributed by atoms with E-state index in [4.69, 9.17) is 5.11 Å². The van der Waals surface area contributed by atoms with Gasteiger partial charge in [0.05, 0.1) is 10.6 Å². The number of amides is 1. The molecule has 8 heteroatoms. The molecule has 27 heavy (non-hydrogen) atoms. The van der Waals surface area contributed by atoms with Gasteiger partial charge in [0.2, 0.25) is 0 Å². The van der Waals surface area contributed by atoms with Gasteiger partial charge < -0.3 is 10.0 Å². The second-order valence-corrected chi connectivity index (χ2v) is 8.36. The lowest BCUT2D eigenvalue weighted by Gasteiger charge is -2.21. The molecule has 1 fully saturated rings. The molecule has 0 radical (unpaired) electrons. The van der Waals surface area contributed by atoms with E-state index in [0.717, 1.165) is 12.8 Å². The van der Waals surface area contributed by atoms with Crippen molar-refractivity contribution in [2.45, 2.75) is 23.8 Å². The van der Waals surface area contributed by atoms with Crippen molar-refractivity contribution in [3.63, 3.8) is 0 Å². The SMILES string of the molecule is CN(c1ccccc1)S(=O)(=O)c1ccc(C(=O)N(CC(=O)O)C2CC2)cc1. The van der Waals surface area contributed by atoms with Crippen LogP contribution in [0.2, 0.25) is 0 Å². The van der Waals surface area contributed by atoms with Gasteiger partial charge in [-0.2, -0.15) is 0 Å². The molecule has 2 aromatic rings. The normalized spacial score (nSPS) is 13.8. The maximum atomic E-state index is 12.8. The van der Waals surface area contributed by atoms with Gasteiger partial charge >= 0.3 is 5.97 Å². The van der Waals surface area contributed by atoms with E-state index >= 15 is 0 Å². The summed E-state index contributed by atoms with van der Waals surface area (Å²) in [5, 5.41) is 9.00. The molecule has 7 nitrogen and oxygen atoms in total. The van der Waals surface area contributed by atoms with E-state index in [0.29, 0.717) is 5.69 Å². The van der Waals surface area contributed by atoms with Gasteiger partial charge in [0.25, 0.3) is 15.9 Å². The highest BCUT2D eigenvalue weighted by molar-refractivity contribution is 7.92. The zero-order valence-electron chi connectivity index (χ0n) is 14.8. The number of carbonyl (C=O) groups is 2. The van der Waals surface area contributed by atoms with Crippen molar-refractivity contribution in [2.75, 3.05) is 17.9 Å². The first-order chi connectivity index (χ1) is 12.8. The number of carbonyl (C=O) groups excluding carboxylic acids is 1. The number of anilines is 1. The minimum Gasteiger partial charge on any atom is -0.480 e. The molecule has 1 N–H and O–H groups in total. The highest BCUT2D eigenvalue weighted by Crippen LogP contribution is 2.28. The summed E-state index contributed by atoms with van der Waals surface area (Å²) in [6.07, 6.45) is 1.57. The Morgan fingerprint density at radius 1 is 1.04 bits per heavy atom. The lowest BCUT2D eigenvalue weighted by molar-refractivity contribution is -0.137. The highest BCUT2D eigenvalue weighted by atomic mass is 32.2. The minimum absolute atomic E-state index is 0.0544. The lowest BCUT2D eigenvalue weighted by Crippen LogP contribution is -2.37. The maximum Gasteiger partial charge on any atom is 0.323 e. The van der Waals surface area contributed by atoms with Crippen molar-refractivity contribution in [3.8, 4) is 0 Å². The molecule has 142 valence electrons. The Bertz CT molecular complexity index is 938. The van der Waals surface area contributed by atoms with E-state index in [1.165, 1.54) is 40.5 Å². The fourth-order valence-corrected chi connectivity index (χ4v) is 3.96. The number of carboxylic acid groups (broad SMARTS) is 1. The molecule has 0 atom stereocenters. The topological polar surface area (TPSA) is 95.0 Å². The maximum absolute atomic E-state index is 12.8. The third kappa shape index (κ3) is 4.11. The first-order valence-electron chi connectivity index (χ1n) is 8.47. The summed E-state index contributed by atoms with van der Waals surface area (Å²) >= 11 is 0. The number of para-hydroxylation sites is 1. The summed E-state index contributed by atoms with van der Waals surface area (Å²) in [6.45, 7) is -0.361. The molecule has 0 bridgehead atoms. The van der Waals surface area contributed by atoms with E-state index in [1.807, 2.05) is 0 Å². The van der Waals surface area contributed by atoms with Gasteiger partial charge in [0.15, 0.2) is 0 Å². The molecular weight excluding hydrogens is 368 g/mol. The quantitative estimate of drug-likeness (QED) is 0.785. The van der Waals surface area contributed by atoms with Crippen LogP contribution in [-0.2, 0) is 14.8 Å². The Balaban J connectivity index is 1.82. The van der Waals surface area contributed by atoms with Crippen LogP contribution in [0.3, 0.4) is 0 Å². The fraction of sp³-hybridized carbons (Fsp3) is 0.263. The molecule has 0 heterocycles. The van der Waals surface area contributed by atoms with Crippen molar-refractivity contribution < 1.29 is 23.1 Å². The van der Waals surface area contributed by atoms with Crippen molar-refractivity contribution in [2.24, 2.45) is 0 Å². The zero-order valence-corrected chi connectivity index (χ0v) is 15.6. The molecule has 0 spiro atoms. The number of aliphatic carboxylic acids is 1. The van der Waals surface area contributed by atoms with Crippen LogP contribution in [0.1, 0.15) is 23.2 Å². The summed E-state index contributed by atoms with van der Waals surface area (Å²) in [7, 11) is -2.30. The van der Waals surface area contributed by atoms with Gasteiger partial charge in [-0.3, -0.25) is 13.9 Å². The van der Waals surface area contributed by atoms with Crippen LogP contribution in [0.15, 0.2) is 59.5 Å². The minimum atomic E-state index is -3.76. The Morgan fingerprint density at radius 2 is 1.63 bits per heavy atom. The second-order valence-electron chi connectivity index (χ2n) is 6.39. The first-order valence-corrected chi connectivity index (χ1v) is 9.91. The molecule has 0 aromatic heterocycles. The molecule has 1 aliphatic carbocycles. The van der Waals surface area contributed by atoms with Gasteiger partial charge in [0, 0.05) is 18.7 Å². The van der Waals surface area contributed by atoms with Crippen LogP contribution in [-0.4, -0.2) is 49.9 Å². The van der Waals surface area contributed by atoms with Crippen molar-refractivity contribution in [1.29, 1.82) is 0 Å². The fourth-order valence-electron chi connectivity index (χ4n) is 2.77. The smallest absolute Gasteiger partial charge is 0.323 e. The molecule has 1 saturated carbocycles. The average molecular weight is 388 g/mol. The number of hydrogen-bond acceptors (Lipinski definition) is 4. The molecule has 3 rings (SSSR count). The predicted octanol–water partition coefficient (Wildman–Crippen LogP) is 2.20. The number of benzene rings is 2. The standard InChI is InChI=1S/C19H20N2O5S/c1-20(15-5-3-2-4-6-15)27(25,26)17-11-7-14(8-12-17)19(24)21(13-18(22)23)16-9-10-16/h2-8,11-12,16H,9-10,13H2,1H3,(H,22,23). The third-order valence-corrected chi connectivity index (χ3v) is 6.23. The number of rotatable bonds is 7. The largest absolute Gasteiger partial charge is 0.480 e. The van der Waals surface area contributed by atoms with Crippen molar-refractivity contribution in [3.05, 3.63) is 60.2 Å². The van der Waals surface area contributed by atoms with Gasteiger partial charge in [-0.15, -0.1) is 0 Å². The molecule has 0 saturated heterocycles. The summed E-state index contributed by atoms with van der Waals surface area (Å²) in [4.78, 5) is 25.0. The molecule has 1 amide bonds. The van der Waals surface area contributed by atoms with Crippen LogP contribution < -0.4 is 4.31 Å². The van der Waals surface area contributed by atoms with Crippen LogP contribution in [0, 0.1) is 0 Å². The molecule has 0 unspecified atom stereocenters. The third-order valence-electron chi connectivity index (χ3n) is 4.43. The average Bonchev–Trinajstić information content (AvgIpc) is 3.50. The van der Waals surface area contributed by atoms with Gasteiger partial charge in [-0.1, -0.05) is 18.2 Å². The molecule has 1 aliphatic rings. The van der Waals surface area contributed by atoms with Crippen LogP contribution in [0.25, 0.3) is 0 Å². The summed E-state index contributed by atoms with van der Waals surface area (Å²) < 4.78 is 26.7. The Kier molecular flexibility index (Phi) is 5.18. The number of nitrogens with zero attached hydrogens (tertiary/aromatic N) is 2. The van der Waals surface area contributed by atoms with Crippen LogP contribution >= 0.6 is 0 Å². The van der Waals surface area contributed by atoms with Crippen LogP contribution in [0.5, 0.6) is 0 Å². The van der Waals surface area contributed by atoms with E-state index in [1.54, 1.807) is 30.3 Å². The second kappa shape index (κ2) is 7.40. The van der Waals surface area contributed by atoms with E-state index in [-0.39, 0.29) is 23.0 Å². The number of carboxylic acids is 1. The molecule has 2 aromatic carbocycles. The molecular formula is C19H20N2O5S. The summed E-state index contributed by atoms with van der Waals surface area (Å²) in [6, 6.07) is 14.2. The van der Waals surface area contributed by atoms with Crippen LogP contribution in [0.4, 0.5) is 5.69 Å². The van der Waals surface area contributed by atoms with Gasteiger partial charge in [-0.25, -0.2) is 8.42 Å². The van der Waals surface area contributed by atoms with E-state index < -0.39 is 21.9 Å². The first kappa shape index (κ1) is 18.9. The Hall–Kier alpha value is -2.87. The summed E-state index contributed by atoms with van der Waals surface area (Å²) in [5.41, 5.74) is 0.795. The van der Waals surface area contributed by atoms with Gasteiger partial charge in [0.1, 0.15) is 6.54 Å². The van der Waals surface area contributed by atoms with Crippen molar-refractivity contribution in [1.82, 2.24) is 4.90 Å². The number of hydrogen-bond donors (Lipinski definition) is 1. The predicted molar refractivity (Wildman–Crippen MR) is 100 cm³/mol. The Morgan fingerprint density at radius 3 is 2.15 bits per heavy atom. The monoisotopic (exact) mass is 388 g/mol. The molecule has 0 aliphatic heterocycles. The Labute approximate surface area is 157 Å². The number of sulfonamides is 1. The van der Waals surface area contributed by atoms with E-state index in [9.17, 15) is 18.0 Å². The lowest BCUT2D eigenvalue weighted by atomic mass is 10.2. The van der Waals surface area contributed by atoms with Crippen molar-refractivity contribution >= 4 is 27.6 Å². The van der Waals surface area contributed by atoms with E-state index in [2.05, 4.69) is 0 Å². The summed E-state index contributed by atoms with van der Waals surface area (Å²) in [5.74, 6) is -1.47.